The smallest absolute Gasteiger partial charge is 0.233 e. The SMILES string of the molecule is C[N+]1(C)CCN(C(=O)CSSCC(=O)N2CC[N+](C)(C)CC2)CC1. The number of hydrogen-bond acceptors (Lipinski definition) is 4. The van der Waals surface area contributed by atoms with E-state index in [9.17, 15) is 9.59 Å². The lowest BCUT2D eigenvalue weighted by molar-refractivity contribution is -0.894. The molecule has 0 aliphatic carbocycles. The number of likely N-dealkylation sites (N-methyl/N-ethyl adjacent to an activating group) is 2. The number of quaternary nitrogens is 2. The second kappa shape index (κ2) is 8.29. The van der Waals surface area contributed by atoms with E-state index in [0.29, 0.717) is 11.5 Å². The fourth-order valence-corrected chi connectivity index (χ4v) is 4.72. The molecule has 0 spiro atoms. The summed E-state index contributed by atoms with van der Waals surface area (Å²) in [7, 11) is 11.9. The van der Waals surface area contributed by atoms with E-state index in [-0.39, 0.29) is 11.8 Å². The van der Waals surface area contributed by atoms with Gasteiger partial charge in [-0.1, -0.05) is 21.6 Å². The molecule has 0 N–H and O–H groups in total. The maximum absolute atomic E-state index is 12.2. The molecule has 0 saturated carbocycles. The van der Waals surface area contributed by atoms with E-state index in [4.69, 9.17) is 0 Å². The van der Waals surface area contributed by atoms with Gasteiger partial charge in [0.05, 0.1) is 92.1 Å². The summed E-state index contributed by atoms with van der Waals surface area (Å²) in [4.78, 5) is 28.4. The molecule has 2 aliphatic heterocycles. The molecule has 2 amide bonds. The van der Waals surface area contributed by atoms with Gasteiger partial charge in [0, 0.05) is 0 Å². The summed E-state index contributed by atoms with van der Waals surface area (Å²) in [6.45, 7) is 7.46. The Kier molecular flexibility index (Phi) is 6.87. The Morgan fingerprint density at radius 3 is 1.29 bits per heavy atom. The van der Waals surface area contributed by atoms with Crippen LogP contribution in [-0.4, -0.2) is 123 Å². The van der Waals surface area contributed by atoms with Crippen LogP contribution < -0.4 is 0 Å². The molecule has 0 radical (unpaired) electrons. The first-order chi connectivity index (χ1) is 11.2. The second-order valence-electron chi connectivity index (χ2n) is 8.05. The van der Waals surface area contributed by atoms with Crippen molar-refractivity contribution in [2.45, 2.75) is 0 Å². The van der Waals surface area contributed by atoms with Gasteiger partial charge in [-0.2, -0.15) is 0 Å². The van der Waals surface area contributed by atoms with Crippen molar-refractivity contribution in [1.29, 1.82) is 0 Å². The van der Waals surface area contributed by atoms with Gasteiger partial charge in [0.1, 0.15) is 0 Å². The highest BCUT2D eigenvalue weighted by Crippen LogP contribution is 2.23. The number of nitrogens with zero attached hydrogens (tertiary/aromatic N) is 4. The molecule has 0 aromatic carbocycles. The van der Waals surface area contributed by atoms with Gasteiger partial charge in [-0.3, -0.25) is 9.59 Å². The third kappa shape index (κ3) is 6.13. The van der Waals surface area contributed by atoms with E-state index in [1.165, 1.54) is 21.6 Å². The molecule has 0 aromatic rings. The largest absolute Gasteiger partial charge is 0.331 e. The quantitative estimate of drug-likeness (QED) is 0.391. The molecular formula is C16H32N4O2S2+2. The Labute approximate surface area is 154 Å². The van der Waals surface area contributed by atoms with Crippen molar-refractivity contribution < 1.29 is 18.6 Å². The highest BCUT2D eigenvalue weighted by Gasteiger charge is 2.28. The van der Waals surface area contributed by atoms with Crippen molar-refractivity contribution in [2.24, 2.45) is 0 Å². The molecule has 2 fully saturated rings. The molecule has 8 heteroatoms. The van der Waals surface area contributed by atoms with Crippen molar-refractivity contribution in [3.63, 3.8) is 0 Å². The maximum Gasteiger partial charge on any atom is 0.233 e. The van der Waals surface area contributed by atoms with Crippen LogP contribution in [0.25, 0.3) is 0 Å². The first-order valence-corrected chi connectivity index (χ1v) is 11.1. The Balaban J connectivity index is 1.59. The first kappa shape index (κ1) is 19.9. The van der Waals surface area contributed by atoms with Gasteiger partial charge in [-0.15, -0.1) is 0 Å². The minimum Gasteiger partial charge on any atom is -0.331 e. The van der Waals surface area contributed by atoms with Crippen molar-refractivity contribution in [2.75, 3.05) is 92.1 Å². The molecule has 24 heavy (non-hydrogen) atoms. The van der Waals surface area contributed by atoms with Gasteiger partial charge in [0.25, 0.3) is 0 Å². The zero-order valence-electron chi connectivity index (χ0n) is 15.5. The molecule has 138 valence electrons. The number of hydrogen-bond donors (Lipinski definition) is 0. The predicted octanol–water partition coefficient (Wildman–Crippen LogP) is 0.205. The van der Waals surface area contributed by atoms with Crippen molar-refractivity contribution in [3.8, 4) is 0 Å². The summed E-state index contributed by atoms with van der Waals surface area (Å²) in [6, 6.07) is 0. The summed E-state index contributed by atoms with van der Waals surface area (Å²) in [6.07, 6.45) is 0. The molecule has 0 bridgehead atoms. The van der Waals surface area contributed by atoms with Gasteiger partial charge in [0.2, 0.25) is 11.8 Å². The Morgan fingerprint density at radius 1 is 0.708 bits per heavy atom. The number of rotatable bonds is 5. The lowest BCUT2D eigenvalue weighted by Gasteiger charge is -2.39. The third-order valence-electron chi connectivity index (χ3n) is 5.05. The van der Waals surface area contributed by atoms with E-state index < -0.39 is 0 Å². The van der Waals surface area contributed by atoms with Crippen LogP contribution in [0, 0.1) is 0 Å². The van der Waals surface area contributed by atoms with E-state index in [1.54, 1.807) is 0 Å². The highest BCUT2D eigenvalue weighted by atomic mass is 33.1. The van der Waals surface area contributed by atoms with Gasteiger partial charge < -0.3 is 18.8 Å². The normalized spacial score (nSPS) is 23.2. The second-order valence-corrected chi connectivity index (χ2v) is 10.5. The maximum atomic E-state index is 12.2. The van der Waals surface area contributed by atoms with Gasteiger partial charge in [-0.25, -0.2) is 0 Å². The van der Waals surface area contributed by atoms with E-state index in [1.807, 2.05) is 9.80 Å². The monoisotopic (exact) mass is 376 g/mol. The molecule has 0 atom stereocenters. The zero-order valence-corrected chi connectivity index (χ0v) is 17.1. The molecule has 2 heterocycles. The average molecular weight is 377 g/mol. The lowest BCUT2D eigenvalue weighted by atomic mass is 10.3. The summed E-state index contributed by atoms with van der Waals surface area (Å²) in [5.74, 6) is 1.35. The Bertz CT molecular complexity index is 409. The molecule has 2 saturated heterocycles. The van der Waals surface area contributed by atoms with Crippen LogP contribution in [-0.2, 0) is 9.59 Å². The topological polar surface area (TPSA) is 40.6 Å². The predicted molar refractivity (Wildman–Crippen MR) is 102 cm³/mol. The molecular weight excluding hydrogens is 344 g/mol. The summed E-state index contributed by atoms with van der Waals surface area (Å²) in [5.41, 5.74) is 0. The number of carbonyl (C=O) groups excluding carboxylic acids is 2. The summed E-state index contributed by atoms with van der Waals surface area (Å²) < 4.78 is 1.98. The minimum absolute atomic E-state index is 0.205. The molecule has 2 rings (SSSR count). The number of amides is 2. The standard InChI is InChI=1S/C16H32N4O2S2/c1-19(2)9-5-17(6-10-19)15(21)13-23-24-14-16(22)18-7-11-20(3,4)12-8-18/h5-14H2,1-4H3/q+2. The molecule has 6 nitrogen and oxygen atoms in total. The van der Waals surface area contributed by atoms with Crippen LogP contribution in [0.5, 0.6) is 0 Å². The van der Waals surface area contributed by atoms with Crippen molar-refractivity contribution in [1.82, 2.24) is 9.80 Å². The number of carbonyl (C=O) groups is 2. The van der Waals surface area contributed by atoms with Crippen LogP contribution in [0.4, 0.5) is 0 Å². The van der Waals surface area contributed by atoms with Crippen LogP contribution >= 0.6 is 21.6 Å². The molecule has 0 aromatic heterocycles. The first-order valence-electron chi connectivity index (χ1n) is 8.63. The van der Waals surface area contributed by atoms with Gasteiger partial charge in [0.15, 0.2) is 0 Å². The summed E-state index contributed by atoms with van der Waals surface area (Å²) in [5, 5.41) is 0. The molecule has 0 unspecified atom stereocenters. The van der Waals surface area contributed by atoms with Crippen LogP contribution in [0.3, 0.4) is 0 Å². The highest BCUT2D eigenvalue weighted by molar-refractivity contribution is 8.77. The van der Waals surface area contributed by atoms with Crippen LogP contribution in [0.2, 0.25) is 0 Å². The fourth-order valence-electron chi connectivity index (χ4n) is 2.88. The zero-order chi connectivity index (χ0) is 17.8. The third-order valence-corrected chi connectivity index (χ3v) is 7.16. The van der Waals surface area contributed by atoms with Crippen LogP contribution in [0.15, 0.2) is 0 Å². The van der Waals surface area contributed by atoms with Gasteiger partial charge >= 0.3 is 0 Å². The average Bonchev–Trinajstić information content (AvgIpc) is 2.51. The Morgan fingerprint density at radius 2 is 1.00 bits per heavy atom. The van der Waals surface area contributed by atoms with Crippen molar-refractivity contribution in [3.05, 3.63) is 0 Å². The minimum atomic E-state index is 0.205. The van der Waals surface area contributed by atoms with Crippen molar-refractivity contribution >= 4 is 33.4 Å². The summed E-state index contributed by atoms with van der Waals surface area (Å²) >= 11 is 0. The Hall–Kier alpha value is -0.440. The van der Waals surface area contributed by atoms with E-state index in [0.717, 1.165) is 61.3 Å². The fraction of sp³-hybridized carbons (Fsp3) is 0.875. The van der Waals surface area contributed by atoms with E-state index in [2.05, 4.69) is 28.2 Å². The van der Waals surface area contributed by atoms with E-state index >= 15 is 0 Å². The van der Waals surface area contributed by atoms with Gasteiger partial charge in [-0.05, 0) is 0 Å². The number of piperazine rings is 2. The van der Waals surface area contributed by atoms with Crippen LogP contribution in [0.1, 0.15) is 0 Å². The lowest BCUT2D eigenvalue weighted by Crippen LogP contribution is -2.56. The molecule has 2 aliphatic rings.